The molecule has 0 atom stereocenters. The molecule has 2 aliphatic rings. The van der Waals surface area contributed by atoms with Crippen molar-refractivity contribution >= 4 is 46.3 Å². The number of carbonyl (C=O) groups excluding carboxylic acids is 2. The van der Waals surface area contributed by atoms with Crippen molar-refractivity contribution in [2.45, 2.75) is 6.92 Å². The highest BCUT2D eigenvalue weighted by Gasteiger charge is 2.43. The molecule has 0 saturated carbocycles. The second-order valence-corrected chi connectivity index (χ2v) is 7.95. The quantitative estimate of drug-likeness (QED) is 0.690. The highest BCUT2D eigenvalue weighted by molar-refractivity contribution is 6.45. The van der Waals surface area contributed by atoms with Crippen LogP contribution in [0.25, 0.3) is 5.57 Å². The summed E-state index contributed by atoms with van der Waals surface area (Å²) in [6, 6.07) is 13.8. The fraction of sp³-hybridized carbons (Fsp3) is 0.273. The van der Waals surface area contributed by atoms with Crippen molar-refractivity contribution in [3.8, 4) is 0 Å². The summed E-state index contributed by atoms with van der Waals surface area (Å²) in [4.78, 5) is 32.4. The predicted octanol–water partition coefficient (Wildman–Crippen LogP) is 3.92. The first-order valence-electron chi connectivity index (χ1n) is 9.61. The fourth-order valence-corrected chi connectivity index (χ4v) is 4.14. The van der Waals surface area contributed by atoms with Gasteiger partial charge >= 0.3 is 0 Å². The van der Waals surface area contributed by atoms with Gasteiger partial charge in [0.1, 0.15) is 5.70 Å². The molecule has 2 amide bonds. The number of imide groups is 1. The van der Waals surface area contributed by atoms with E-state index in [0.717, 1.165) is 19.6 Å². The number of hydrogen-bond acceptors (Lipinski definition) is 4. The maximum atomic E-state index is 13.5. The number of amides is 2. The third kappa shape index (κ3) is 3.78. The molecule has 1 fully saturated rings. The molecule has 1 saturated heterocycles. The average Bonchev–Trinajstić information content (AvgIpc) is 2.99. The Balaban J connectivity index is 1.78. The first kappa shape index (κ1) is 20.0. The van der Waals surface area contributed by atoms with Gasteiger partial charge in [-0.3, -0.25) is 9.59 Å². The van der Waals surface area contributed by atoms with Crippen molar-refractivity contribution in [1.82, 2.24) is 9.80 Å². The Hall–Kier alpha value is -2.34. The summed E-state index contributed by atoms with van der Waals surface area (Å²) in [5.41, 5.74) is 2.02. The molecular formula is C22H21Cl2N3O2. The summed E-state index contributed by atoms with van der Waals surface area (Å²) in [5, 5.41) is 1.05. The molecular weight excluding hydrogens is 409 g/mol. The van der Waals surface area contributed by atoms with Gasteiger partial charge in [0.15, 0.2) is 0 Å². The smallest absolute Gasteiger partial charge is 0.282 e. The van der Waals surface area contributed by atoms with Gasteiger partial charge in [0.2, 0.25) is 0 Å². The van der Waals surface area contributed by atoms with Crippen molar-refractivity contribution in [1.29, 1.82) is 0 Å². The molecule has 0 spiro atoms. The molecule has 2 heterocycles. The van der Waals surface area contributed by atoms with Crippen LogP contribution in [-0.4, -0.2) is 54.3 Å². The van der Waals surface area contributed by atoms with Gasteiger partial charge in [-0.1, -0.05) is 48.3 Å². The van der Waals surface area contributed by atoms with Gasteiger partial charge in [-0.2, -0.15) is 0 Å². The number of nitrogens with zero attached hydrogens (tertiary/aromatic N) is 3. The molecule has 7 heteroatoms. The van der Waals surface area contributed by atoms with Crippen LogP contribution in [0, 0.1) is 0 Å². The minimum atomic E-state index is -0.340. The van der Waals surface area contributed by atoms with E-state index in [-0.39, 0.29) is 11.8 Å². The molecule has 0 aliphatic carbocycles. The van der Waals surface area contributed by atoms with Crippen molar-refractivity contribution < 1.29 is 9.59 Å². The lowest BCUT2D eigenvalue weighted by Gasteiger charge is -2.36. The molecule has 0 radical (unpaired) electrons. The van der Waals surface area contributed by atoms with Crippen LogP contribution in [0.5, 0.6) is 0 Å². The molecule has 150 valence electrons. The average molecular weight is 430 g/mol. The van der Waals surface area contributed by atoms with E-state index in [0.29, 0.717) is 45.7 Å². The Kier molecular flexibility index (Phi) is 5.63. The minimum absolute atomic E-state index is 0.313. The van der Waals surface area contributed by atoms with Gasteiger partial charge in [-0.05, 0) is 42.4 Å². The third-order valence-electron chi connectivity index (χ3n) is 5.39. The van der Waals surface area contributed by atoms with Crippen LogP contribution in [0.3, 0.4) is 0 Å². The summed E-state index contributed by atoms with van der Waals surface area (Å²) in [6.07, 6.45) is 0. The van der Waals surface area contributed by atoms with Crippen LogP contribution in [0.15, 0.2) is 54.2 Å². The second-order valence-electron chi connectivity index (χ2n) is 7.08. The van der Waals surface area contributed by atoms with Gasteiger partial charge in [0.25, 0.3) is 11.8 Å². The molecule has 29 heavy (non-hydrogen) atoms. The fourth-order valence-electron chi connectivity index (χ4n) is 3.83. The summed E-state index contributed by atoms with van der Waals surface area (Å²) in [5.74, 6) is -0.653. The molecule has 4 rings (SSSR count). The van der Waals surface area contributed by atoms with Crippen LogP contribution in [-0.2, 0) is 9.59 Å². The lowest BCUT2D eigenvalue weighted by molar-refractivity contribution is -0.120. The predicted molar refractivity (Wildman–Crippen MR) is 116 cm³/mol. The molecule has 0 bridgehead atoms. The van der Waals surface area contributed by atoms with E-state index >= 15 is 0 Å². The maximum Gasteiger partial charge on any atom is 0.282 e. The molecule has 2 aromatic carbocycles. The standard InChI is InChI=1S/C22H21Cl2N3O2/c1-2-25-10-12-26(13-11-25)20-19(15-6-8-16(23)9-7-15)21(28)27(22(20)29)18-5-3-4-17(24)14-18/h3-9,14H,2,10-13H2,1H3. The molecule has 0 unspecified atom stereocenters. The normalized spacial score (nSPS) is 18.2. The van der Waals surface area contributed by atoms with Crippen LogP contribution in [0.2, 0.25) is 10.0 Å². The number of benzene rings is 2. The zero-order valence-electron chi connectivity index (χ0n) is 16.1. The Labute approximate surface area is 180 Å². The first-order valence-corrected chi connectivity index (χ1v) is 10.4. The van der Waals surface area contributed by atoms with E-state index in [1.807, 2.05) is 4.90 Å². The highest BCUT2D eigenvalue weighted by Crippen LogP contribution is 2.36. The number of rotatable bonds is 4. The SMILES string of the molecule is CCN1CCN(C2=C(c3ccc(Cl)cc3)C(=O)N(c3cccc(Cl)c3)C2=O)CC1. The van der Waals surface area contributed by atoms with Crippen molar-refractivity contribution in [2.24, 2.45) is 0 Å². The lowest BCUT2D eigenvalue weighted by Crippen LogP contribution is -2.47. The minimum Gasteiger partial charge on any atom is -0.364 e. The van der Waals surface area contributed by atoms with Crippen LogP contribution >= 0.6 is 23.2 Å². The van der Waals surface area contributed by atoms with Gasteiger partial charge in [0.05, 0.1) is 11.3 Å². The molecule has 5 nitrogen and oxygen atoms in total. The maximum absolute atomic E-state index is 13.5. The number of hydrogen-bond donors (Lipinski definition) is 0. The van der Waals surface area contributed by atoms with Gasteiger partial charge in [-0.15, -0.1) is 0 Å². The highest BCUT2D eigenvalue weighted by atomic mass is 35.5. The third-order valence-corrected chi connectivity index (χ3v) is 5.88. The lowest BCUT2D eigenvalue weighted by atomic mass is 10.0. The zero-order chi connectivity index (χ0) is 20.5. The van der Waals surface area contributed by atoms with Gasteiger partial charge < -0.3 is 9.80 Å². The van der Waals surface area contributed by atoms with E-state index in [9.17, 15) is 9.59 Å². The van der Waals surface area contributed by atoms with Gasteiger partial charge in [-0.25, -0.2) is 4.90 Å². The number of likely N-dealkylation sites (N-methyl/N-ethyl adjacent to an activating group) is 1. The van der Waals surface area contributed by atoms with E-state index in [1.54, 1.807) is 48.5 Å². The summed E-state index contributed by atoms with van der Waals surface area (Å²) < 4.78 is 0. The number of carbonyl (C=O) groups is 2. The van der Waals surface area contributed by atoms with E-state index < -0.39 is 0 Å². The zero-order valence-corrected chi connectivity index (χ0v) is 17.6. The van der Waals surface area contributed by atoms with Crippen molar-refractivity contribution in [3.05, 3.63) is 69.8 Å². The summed E-state index contributed by atoms with van der Waals surface area (Å²) >= 11 is 12.1. The monoisotopic (exact) mass is 429 g/mol. The summed E-state index contributed by atoms with van der Waals surface area (Å²) in [7, 11) is 0. The molecule has 0 aromatic heterocycles. The van der Waals surface area contributed by atoms with E-state index in [4.69, 9.17) is 23.2 Å². The Morgan fingerprint density at radius 1 is 0.862 bits per heavy atom. The van der Waals surface area contributed by atoms with Crippen LogP contribution in [0.1, 0.15) is 12.5 Å². The topological polar surface area (TPSA) is 43.9 Å². The number of anilines is 1. The Bertz CT molecular complexity index is 980. The molecule has 0 N–H and O–H groups in total. The van der Waals surface area contributed by atoms with Crippen LogP contribution in [0.4, 0.5) is 5.69 Å². The molecule has 2 aromatic rings. The Morgan fingerprint density at radius 2 is 1.55 bits per heavy atom. The second kappa shape index (κ2) is 8.19. The largest absolute Gasteiger partial charge is 0.364 e. The first-order chi connectivity index (χ1) is 14.0. The Morgan fingerprint density at radius 3 is 2.17 bits per heavy atom. The van der Waals surface area contributed by atoms with Gasteiger partial charge in [0, 0.05) is 36.2 Å². The number of piperazine rings is 1. The van der Waals surface area contributed by atoms with E-state index in [2.05, 4.69) is 11.8 Å². The molecule has 2 aliphatic heterocycles. The van der Waals surface area contributed by atoms with E-state index in [1.165, 1.54) is 4.90 Å². The van der Waals surface area contributed by atoms with Crippen molar-refractivity contribution in [2.75, 3.05) is 37.6 Å². The summed E-state index contributed by atoms with van der Waals surface area (Å²) in [6.45, 7) is 6.20. The van der Waals surface area contributed by atoms with Crippen molar-refractivity contribution in [3.63, 3.8) is 0 Å². The number of halogens is 2. The van der Waals surface area contributed by atoms with Crippen LogP contribution < -0.4 is 4.90 Å².